The van der Waals surface area contributed by atoms with E-state index in [1.165, 1.54) is 22.2 Å². The molecule has 0 bridgehead atoms. The first-order valence-electron chi connectivity index (χ1n) is 6.60. The summed E-state index contributed by atoms with van der Waals surface area (Å²) in [7, 11) is 1.71. The van der Waals surface area contributed by atoms with Crippen molar-refractivity contribution >= 4 is 10.9 Å². The molecule has 3 rings (SSSR count). The Morgan fingerprint density at radius 2 is 2.17 bits per heavy atom. The molecule has 0 aliphatic carbocycles. The Labute approximate surface area is 108 Å². The molecule has 18 heavy (non-hydrogen) atoms. The van der Waals surface area contributed by atoms with E-state index >= 15 is 0 Å². The van der Waals surface area contributed by atoms with Crippen LogP contribution in [0.1, 0.15) is 25.1 Å². The molecule has 0 saturated carbocycles. The van der Waals surface area contributed by atoms with Gasteiger partial charge in [-0.1, -0.05) is 0 Å². The molecule has 2 aromatic rings. The zero-order valence-corrected chi connectivity index (χ0v) is 11.3. The van der Waals surface area contributed by atoms with Crippen molar-refractivity contribution < 1.29 is 4.74 Å². The summed E-state index contributed by atoms with van der Waals surface area (Å²) in [5.74, 6) is 0.918. The second-order valence-electron chi connectivity index (χ2n) is 5.31. The van der Waals surface area contributed by atoms with E-state index in [4.69, 9.17) is 4.74 Å². The molecule has 3 nitrogen and oxygen atoms in total. The minimum absolute atomic E-state index is 0.610. The lowest BCUT2D eigenvalue weighted by Crippen LogP contribution is -2.35. The maximum atomic E-state index is 5.28. The molecule has 1 aliphatic rings. The molecule has 1 aromatic carbocycles. The molecule has 0 unspecified atom stereocenters. The first-order chi connectivity index (χ1) is 8.69. The van der Waals surface area contributed by atoms with E-state index in [1.807, 2.05) is 6.07 Å². The predicted octanol–water partition coefficient (Wildman–Crippen LogP) is 2.94. The normalized spacial score (nSPS) is 16.2. The van der Waals surface area contributed by atoms with Crippen molar-refractivity contribution in [3.63, 3.8) is 0 Å². The summed E-state index contributed by atoms with van der Waals surface area (Å²) < 4.78 is 5.28. The molecule has 2 heterocycles. The molecule has 0 saturated heterocycles. The number of nitrogens with zero attached hydrogens (tertiary/aromatic N) is 1. The second kappa shape index (κ2) is 4.32. The van der Waals surface area contributed by atoms with Crippen molar-refractivity contribution in [1.29, 1.82) is 0 Å². The van der Waals surface area contributed by atoms with Gasteiger partial charge in [-0.15, -0.1) is 0 Å². The number of methoxy groups -OCH3 is 1. The van der Waals surface area contributed by atoms with Crippen molar-refractivity contribution in [2.24, 2.45) is 0 Å². The van der Waals surface area contributed by atoms with E-state index in [2.05, 4.69) is 35.9 Å². The molecule has 0 amide bonds. The molecule has 0 atom stereocenters. The van der Waals surface area contributed by atoms with Crippen LogP contribution in [0.5, 0.6) is 5.75 Å². The van der Waals surface area contributed by atoms with E-state index in [-0.39, 0.29) is 0 Å². The molecule has 0 radical (unpaired) electrons. The van der Waals surface area contributed by atoms with Gasteiger partial charge in [-0.25, -0.2) is 0 Å². The van der Waals surface area contributed by atoms with Gasteiger partial charge in [-0.3, -0.25) is 4.90 Å². The third-order valence-corrected chi connectivity index (χ3v) is 3.94. The Kier molecular flexibility index (Phi) is 2.78. The van der Waals surface area contributed by atoms with Gasteiger partial charge in [0.2, 0.25) is 0 Å². The minimum atomic E-state index is 0.610. The largest absolute Gasteiger partial charge is 0.497 e. The van der Waals surface area contributed by atoms with Crippen LogP contribution in [0, 0.1) is 0 Å². The third-order valence-electron chi connectivity index (χ3n) is 3.94. The van der Waals surface area contributed by atoms with Crippen molar-refractivity contribution in [3.05, 3.63) is 29.5 Å². The number of rotatable bonds is 2. The molecular formula is C15H20N2O. The maximum Gasteiger partial charge on any atom is 0.120 e. The van der Waals surface area contributed by atoms with Crippen LogP contribution in [0.3, 0.4) is 0 Å². The van der Waals surface area contributed by atoms with E-state index in [1.54, 1.807) is 7.11 Å². The lowest BCUT2D eigenvalue weighted by molar-refractivity contribution is 0.201. The zero-order chi connectivity index (χ0) is 12.7. The lowest BCUT2D eigenvalue weighted by Gasteiger charge is -2.30. The molecule has 3 heteroatoms. The summed E-state index contributed by atoms with van der Waals surface area (Å²) in [5.41, 5.74) is 4.06. The van der Waals surface area contributed by atoms with Crippen LogP contribution >= 0.6 is 0 Å². The number of aromatic amines is 1. The topological polar surface area (TPSA) is 28.3 Å². The Balaban J connectivity index is 2.04. The van der Waals surface area contributed by atoms with Crippen LogP contribution in [0.4, 0.5) is 0 Å². The zero-order valence-electron chi connectivity index (χ0n) is 11.3. The van der Waals surface area contributed by atoms with E-state index in [0.717, 1.165) is 25.3 Å². The van der Waals surface area contributed by atoms with Crippen LogP contribution in [0.15, 0.2) is 18.2 Å². The fraction of sp³-hybridized carbons (Fsp3) is 0.467. The van der Waals surface area contributed by atoms with Gasteiger partial charge in [0.05, 0.1) is 7.11 Å². The summed E-state index contributed by atoms with van der Waals surface area (Å²) in [6.45, 7) is 6.71. The molecule has 1 N–H and O–H groups in total. The fourth-order valence-electron chi connectivity index (χ4n) is 2.82. The predicted molar refractivity (Wildman–Crippen MR) is 74.1 cm³/mol. The number of ether oxygens (including phenoxy) is 1. The van der Waals surface area contributed by atoms with Crippen LogP contribution < -0.4 is 4.74 Å². The Morgan fingerprint density at radius 1 is 1.33 bits per heavy atom. The van der Waals surface area contributed by atoms with E-state index in [0.29, 0.717) is 6.04 Å². The van der Waals surface area contributed by atoms with E-state index < -0.39 is 0 Å². The average molecular weight is 244 g/mol. The SMILES string of the molecule is COc1ccc2c3c([nH]c2c1)CN(C(C)C)CC3. The van der Waals surface area contributed by atoms with Gasteiger partial charge in [-0.05, 0) is 38.0 Å². The van der Waals surface area contributed by atoms with Crippen molar-refractivity contribution in [2.45, 2.75) is 32.9 Å². The number of fused-ring (bicyclic) bond motifs is 3. The smallest absolute Gasteiger partial charge is 0.120 e. The lowest BCUT2D eigenvalue weighted by atomic mass is 10.0. The Hall–Kier alpha value is -1.48. The number of benzene rings is 1. The number of aromatic nitrogens is 1. The standard InChI is InChI=1S/C15H20N2O/c1-10(2)17-7-6-13-12-5-4-11(18-3)8-14(12)16-15(13)9-17/h4-5,8,10,16H,6-7,9H2,1-3H3. The fourth-order valence-corrected chi connectivity index (χ4v) is 2.82. The Bertz CT molecular complexity index is 571. The molecular weight excluding hydrogens is 224 g/mol. The van der Waals surface area contributed by atoms with Gasteiger partial charge in [0.1, 0.15) is 5.75 Å². The number of hydrogen-bond donors (Lipinski definition) is 1. The monoisotopic (exact) mass is 244 g/mol. The number of nitrogens with one attached hydrogen (secondary N) is 1. The summed E-state index contributed by atoms with van der Waals surface area (Å²) in [6.07, 6.45) is 1.14. The van der Waals surface area contributed by atoms with Crippen LogP contribution in [-0.4, -0.2) is 29.6 Å². The molecule has 1 aromatic heterocycles. The summed E-state index contributed by atoms with van der Waals surface area (Å²) in [5, 5.41) is 1.36. The summed E-state index contributed by atoms with van der Waals surface area (Å²) in [6, 6.07) is 6.92. The summed E-state index contributed by atoms with van der Waals surface area (Å²) in [4.78, 5) is 6.06. The first kappa shape index (κ1) is 11.6. The number of H-pyrrole nitrogens is 1. The molecule has 1 aliphatic heterocycles. The van der Waals surface area contributed by atoms with Crippen LogP contribution in [-0.2, 0) is 13.0 Å². The highest BCUT2D eigenvalue weighted by Crippen LogP contribution is 2.30. The molecule has 0 spiro atoms. The van der Waals surface area contributed by atoms with Crippen LogP contribution in [0.25, 0.3) is 10.9 Å². The van der Waals surface area contributed by atoms with Gasteiger partial charge < -0.3 is 9.72 Å². The van der Waals surface area contributed by atoms with Crippen molar-refractivity contribution in [2.75, 3.05) is 13.7 Å². The number of hydrogen-bond acceptors (Lipinski definition) is 2. The van der Waals surface area contributed by atoms with Crippen molar-refractivity contribution in [3.8, 4) is 5.75 Å². The Morgan fingerprint density at radius 3 is 2.89 bits per heavy atom. The van der Waals surface area contributed by atoms with Gasteiger partial charge in [0.25, 0.3) is 0 Å². The highest BCUT2D eigenvalue weighted by Gasteiger charge is 2.21. The van der Waals surface area contributed by atoms with Gasteiger partial charge in [0.15, 0.2) is 0 Å². The maximum absolute atomic E-state index is 5.28. The first-order valence-corrected chi connectivity index (χ1v) is 6.60. The highest BCUT2D eigenvalue weighted by molar-refractivity contribution is 5.86. The minimum Gasteiger partial charge on any atom is -0.497 e. The van der Waals surface area contributed by atoms with E-state index in [9.17, 15) is 0 Å². The quantitative estimate of drug-likeness (QED) is 0.879. The van der Waals surface area contributed by atoms with Gasteiger partial charge in [0, 0.05) is 41.8 Å². The third kappa shape index (κ3) is 1.79. The molecule has 96 valence electrons. The molecule has 0 fully saturated rings. The van der Waals surface area contributed by atoms with Crippen molar-refractivity contribution in [1.82, 2.24) is 9.88 Å². The van der Waals surface area contributed by atoms with Gasteiger partial charge in [-0.2, -0.15) is 0 Å². The van der Waals surface area contributed by atoms with Crippen LogP contribution in [0.2, 0.25) is 0 Å². The van der Waals surface area contributed by atoms with Gasteiger partial charge >= 0.3 is 0 Å². The second-order valence-corrected chi connectivity index (χ2v) is 5.31. The highest BCUT2D eigenvalue weighted by atomic mass is 16.5. The average Bonchev–Trinajstić information content (AvgIpc) is 2.74. The summed E-state index contributed by atoms with van der Waals surface area (Å²) >= 11 is 0.